The fourth-order valence-corrected chi connectivity index (χ4v) is 4.82. The van der Waals surface area contributed by atoms with E-state index in [4.69, 9.17) is 4.74 Å². The number of likely N-dealkylation sites (tertiary alicyclic amines) is 1. The summed E-state index contributed by atoms with van der Waals surface area (Å²) in [7, 11) is 1.68. The lowest BCUT2D eigenvalue weighted by Gasteiger charge is -2.40. The van der Waals surface area contributed by atoms with Crippen molar-refractivity contribution in [1.82, 2.24) is 9.80 Å². The van der Waals surface area contributed by atoms with Gasteiger partial charge in [-0.2, -0.15) is 0 Å². The number of amides is 3. The van der Waals surface area contributed by atoms with Gasteiger partial charge >= 0.3 is 6.03 Å². The van der Waals surface area contributed by atoms with Gasteiger partial charge in [0.25, 0.3) is 0 Å². The molecule has 3 heterocycles. The Kier molecular flexibility index (Phi) is 6.42. The topological polar surface area (TPSA) is 65.1 Å². The predicted molar refractivity (Wildman–Crippen MR) is 119 cm³/mol. The lowest BCUT2D eigenvalue weighted by molar-refractivity contribution is -0.137. The number of piperazine rings is 1. The number of hydrogen-bond donors (Lipinski definition) is 1. The number of hydrogen-bond acceptors (Lipinski definition) is 5. The number of benzene rings is 1. The highest BCUT2D eigenvalue weighted by atomic mass is 32.1. The molecule has 1 unspecified atom stereocenters. The van der Waals surface area contributed by atoms with Crippen LogP contribution in [0.3, 0.4) is 0 Å². The first-order chi connectivity index (χ1) is 14.7. The van der Waals surface area contributed by atoms with Gasteiger partial charge in [-0.15, -0.1) is 11.3 Å². The number of anilines is 2. The number of nitrogens with one attached hydrogen (secondary N) is 1. The van der Waals surface area contributed by atoms with Crippen LogP contribution < -0.4 is 15.0 Å². The second-order valence-electron chi connectivity index (χ2n) is 7.68. The van der Waals surface area contributed by atoms with Gasteiger partial charge in [-0.1, -0.05) is 12.1 Å². The van der Waals surface area contributed by atoms with E-state index in [9.17, 15) is 9.59 Å². The molecule has 8 heteroatoms. The largest absolute Gasteiger partial charge is 0.495 e. The molecule has 4 rings (SSSR count). The van der Waals surface area contributed by atoms with E-state index in [1.54, 1.807) is 12.0 Å². The molecule has 1 aromatic carbocycles. The van der Waals surface area contributed by atoms with Gasteiger partial charge in [-0.3, -0.25) is 10.1 Å². The zero-order valence-electron chi connectivity index (χ0n) is 17.3. The van der Waals surface area contributed by atoms with Crippen molar-refractivity contribution in [2.75, 3.05) is 56.6 Å². The maximum Gasteiger partial charge on any atom is 0.322 e. The highest BCUT2D eigenvalue weighted by Gasteiger charge is 2.33. The highest BCUT2D eigenvalue weighted by Crippen LogP contribution is 2.29. The molecule has 0 aliphatic carbocycles. The lowest BCUT2D eigenvalue weighted by atomic mass is 9.96. The van der Waals surface area contributed by atoms with Crippen molar-refractivity contribution < 1.29 is 14.3 Å². The molecule has 2 aromatic rings. The van der Waals surface area contributed by atoms with Crippen LogP contribution in [-0.2, 0) is 4.79 Å². The van der Waals surface area contributed by atoms with E-state index in [0.717, 1.165) is 42.4 Å². The van der Waals surface area contributed by atoms with Gasteiger partial charge < -0.3 is 19.4 Å². The van der Waals surface area contributed by atoms with Crippen molar-refractivity contribution in [3.05, 3.63) is 41.8 Å². The number of carbonyl (C=O) groups is 2. The van der Waals surface area contributed by atoms with E-state index >= 15 is 0 Å². The first kappa shape index (κ1) is 20.5. The van der Waals surface area contributed by atoms with Crippen LogP contribution >= 0.6 is 11.3 Å². The summed E-state index contributed by atoms with van der Waals surface area (Å²) in [5, 5.41) is 5.70. The normalized spacial score (nSPS) is 19.5. The first-order valence-electron chi connectivity index (χ1n) is 10.4. The van der Waals surface area contributed by atoms with Crippen LogP contribution in [0.1, 0.15) is 12.8 Å². The molecular weight excluding hydrogens is 400 g/mol. The molecule has 7 nitrogen and oxygen atoms in total. The Morgan fingerprint density at radius 3 is 2.57 bits per heavy atom. The third kappa shape index (κ3) is 4.53. The number of methoxy groups -OCH3 is 1. The van der Waals surface area contributed by atoms with Gasteiger partial charge in [0.15, 0.2) is 0 Å². The summed E-state index contributed by atoms with van der Waals surface area (Å²) in [5.74, 6) is 0.908. The Morgan fingerprint density at radius 1 is 1.03 bits per heavy atom. The predicted octanol–water partition coefficient (Wildman–Crippen LogP) is 3.35. The SMILES string of the molecule is COc1ccccc1N1CCN(C(=O)C2CCCN(C(=O)Nc3cccs3)C2)CC1. The van der Waals surface area contributed by atoms with E-state index in [-0.39, 0.29) is 17.9 Å². The van der Waals surface area contributed by atoms with Gasteiger partial charge in [0.05, 0.1) is 23.7 Å². The van der Waals surface area contributed by atoms with E-state index in [0.29, 0.717) is 26.2 Å². The maximum absolute atomic E-state index is 13.1. The molecule has 160 valence electrons. The van der Waals surface area contributed by atoms with Crippen LogP contribution in [-0.4, -0.2) is 68.1 Å². The fraction of sp³-hybridized carbons (Fsp3) is 0.455. The third-order valence-corrected chi connectivity index (χ3v) is 6.61. The van der Waals surface area contributed by atoms with Crippen LogP contribution in [0.2, 0.25) is 0 Å². The third-order valence-electron chi connectivity index (χ3n) is 5.83. The minimum atomic E-state index is -0.120. The minimum Gasteiger partial charge on any atom is -0.495 e. The number of nitrogens with zero attached hydrogens (tertiary/aromatic N) is 3. The van der Waals surface area contributed by atoms with Gasteiger partial charge in [0.1, 0.15) is 5.75 Å². The number of piperidine rings is 1. The lowest BCUT2D eigenvalue weighted by Crippen LogP contribution is -2.53. The van der Waals surface area contributed by atoms with Crippen molar-refractivity contribution in [3.8, 4) is 5.75 Å². The van der Waals surface area contributed by atoms with Crippen molar-refractivity contribution in [1.29, 1.82) is 0 Å². The van der Waals surface area contributed by atoms with E-state index < -0.39 is 0 Å². The van der Waals surface area contributed by atoms with Crippen molar-refractivity contribution in [3.63, 3.8) is 0 Å². The average Bonchev–Trinajstić information content (AvgIpc) is 3.32. The Morgan fingerprint density at radius 2 is 1.83 bits per heavy atom. The summed E-state index contributed by atoms with van der Waals surface area (Å²) in [6, 6.07) is 11.7. The number of thiophene rings is 1. The van der Waals surface area contributed by atoms with E-state index in [1.165, 1.54) is 11.3 Å². The quantitative estimate of drug-likeness (QED) is 0.811. The van der Waals surface area contributed by atoms with Gasteiger partial charge in [0.2, 0.25) is 5.91 Å². The molecule has 2 saturated heterocycles. The molecule has 2 aliphatic heterocycles. The smallest absolute Gasteiger partial charge is 0.322 e. The summed E-state index contributed by atoms with van der Waals surface area (Å²) in [5.41, 5.74) is 1.07. The second-order valence-corrected chi connectivity index (χ2v) is 8.62. The van der Waals surface area contributed by atoms with Crippen molar-refractivity contribution in [2.24, 2.45) is 5.92 Å². The summed E-state index contributed by atoms with van der Waals surface area (Å²) in [6.07, 6.45) is 1.70. The molecule has 1 atom stereocenters. The molecule has 2 fully saturated rings. The van der Waals surface area contributed by atoms with Gasteiger partial charge in [-0.25, -0.2) is 4.79 Å². The molecule has 0 bridgehead atoms. The Hall–Kier alpha value is -2.74. The highest BCUT2D eigenvalue weighted by molar-refractivity contribution is 7.14. The minimum absolute atomic E-state index is 0.115. The zero-order valence-corrected chi connectivity index (χ0v) is 18.1. The molecule has 0 spiro atoms. The fourth-order valence-electron chi connectivity index (χ4n) is 4.21. The monoisotopic (exact) mass is 428 g/mol. The van der Waals surface area contributed by atoms with Crippen LogP contribution in [0.15, 0.2) is 41.8 Å². The van der Waals surface area contributed by atoms with Crippen molar-refractivity contribution >= 4 is 34.0 Å². The maximum atomic E-state index is 13.1. The van der Waals surface area contributed by atoms with Gasteiger partial charge in [-0.05, 0) is 42.5 Å². The van der Waals surface area contributed by atoms with Crippen LogP contribution in [0.25, 0.3) is 0 Å². The molecular formula is C22H28N4O3S. The van der Waals surface area contributed by atoms with E-state index in [2.05, 4.69) is 16.3 Å². The zero-order chi connectivity index (χ0) is 20.9. The Labute approximate surface area is 181 Å². The number of ether oxygens (including phenoxy) is 1. The number of carbonyl (C=O) groups excluding carboxylic acids is 2. The van der Waals surface area contributed by atoms with Crippen molar-refractivity contribution in [2.45, 2.75) is 12.8 Å². The van der Waals surface area contributed by atoms with Crippen LogP contribution in [0, 0.1) is 5.92 Å². The molecule has 2 aliphatic rings. The molecule has 0 radical (unpaired) electrons. The summed E-state index contributed by atoms with van der Waals surface area (Å²) >= 11 is 1.50. The molecule has 1 N–H and O–H groups in total. The molecule has 1 aromatic heterocycles. The van der Waals surface area contributed by atoms with E-state index in [1.807, 2.05) is 40.6 Å². The number of rotatable bonds is 4. The summed E-state index contributed by atoms with van der Waals surface area (Å²) < 4.78 is 5.47. The molecule has 0 saturated carbocycles. The Balaban J connectivity index is 1.32. The number of urea groups is 1. The second kappa shape index (κ2) is 9.38. The first-order valence-corrected chi connectivity index (χ1v) is 11.3. The van der Waals surface area contributed by atoms with Crippen LogP contribution in [0.5, 0.6) is 5.75 Å². The molecule has 30 heavy (non-hydrogen) atoms. The summed E-state index contributed by atoms with van der Waals surface area (Å²) in [6.45, 7) is 4.12. The van der Waals surface area contributed by atoms with Gasteiger partial charge in [0, 0.05) is 39.3 Å². The number of para-hydroxylation sites is 2. The molecule has 3 amide bonds. The summed E-state index contributed by atoms with van der Waals surface area (Å²) in [4.78, 5) is 31.7. The average molecular weight is 429 g/mol. The standard InChI is InChI=1S/C22H28N4O3S/c1-29-19-8-3-2-7-18(19)24-11-13-25(14-12-24)21(27)17-6-4-10-26(16-17)22(28)23-20-9-5-15-30-20/h2-3,5,7-9,15,17H,4,6,10-14,16H2,1H3,(H,23,28). The Bertz CT molecular complexity index is 865. The van der Waals surface area contributed by atoms with Crippen LogP contribution in [0.4, 0.5) is 15.5 Å².